The van der Waals surface area contributed by atoms with Gasteiger partial charge in [0.15, 0.2) is 0 Å². The van der Waals surface area contributed by atoms with Gasteiger partial charge < -0.3 is 9.47 Å². The maximum Gasteiger partial charge on any atom is 0.0991 e. The van der Waals surface area contributed by atoms with E-state index in [1.165, 1.54) is 38.3 Å². The van der Waals surface area contributed by atoms with E-state index >= 15 is 0 Å². The third-order valence-electron chi connectivity index (χ3n) is 8.32. The van der Waals surface area contributed by atoms with Gasteiger partial charge in [-0.1, -0.05) is 84.9 Å². The minimum atomic E-state index is 0.648. The van der Waals surface area contributed by atoms with Crippen LogP contribution in [-0.2, 0) is 0 Å². The molecule has 0 saturated carbocycles. The zero-order valence-electron chi connectivity index (χ0n) is 23.9. The molecule has 0 N–H and O–H groups in total. The standard InChI is InChI=1S/C41H27N3/c42-28-30-18-24-37(25-19-30)43(34-9-3-1-4-10-34)36-22-16-29(17-23-36)14-15-31-26-33-21-20-32-8-7-13-38-40(32)41(33)39(27-31)44(38)35-11-5-2-6-12-35/h1-27H/b15-14+. The molecule has 7 aromatic carbocycles. The number of hydrogen-bond donors (Lipinski definition) is 0. The number of nitriles is 1. The lowest BCUT2D eigenvalue weighted by atomic mass is 10.00. The lowest BCUT2D eigenvalue weighted by Crippen LogP contribution is -2.09. The highest BCUT2D eigenvalue weighted by Crippen LogP contribution is 2.40. The molecule has 8 aromatic rings. The van der Waals surface area contributed by atoms with Gasteiger partial charge in [-0.2, -0.15) is 5.26 Å². The maximum absolute atomic E-state index is 9.27. The normalized spacial score (nSPS) is 11.5. The summed E-state index contributed by atoms with van der Waals surface area (Å²) in [6, 6.07) is 55.1. The molecule has 0 fully saturated rings. The van der Waals surface area contributed by atoms with Crippen LogP contribution in [0.2, 0.25) is 0 Å². The van der Waals surface area contributed by atoms with Crippen LogP contribution in [0.1, 0.15) is 16.7 Å². The van der Waals surface area contributed by atoms with Crippen LogP contribution in [-0.4, -0.2) is 4.57 Å². The fourth-order valence-corrected chi connectivity index (χ4v) is 6.30. The molecule has 3 heteroatoms. The van der Waals surface area contributed by atoms with Gasteiger partial charge in [-0.25, -0.2) is 0 Å². The Bertz CT molecular complexity index is 2310. The summed E-state index contributed by atoms with van der Waals surface area (Å²) in [5.41, 5.74) is 9.67. The highest BCUT2D eigenvalue weighted by atomic mass is 15.1. The number of anilines is 3. The predicted octanol–water partition coefficient (Wildman–Crippen LogP) is 10.9. The van der Waals surface area contributed by atoms with E-state index in [1.807, 2.05) is 42.5 Å². The summed E-state index contributed by atoms with van der Waals surface area (Å²) >= 11 is 0. The van der Waals surface area contributed by atoms with Crippen LogP contribution in [0.5, 0.6) is 0 Å². The van der Waals surface area contributed by atoms with Gasteiger partial charge in [0.1, 0.15) is 0 Å². The number of benzene rings is 7. The van der Waals surface area contributed by atoms with E-state index in [-0.39, 0.29) is 0 Å². The Labute approximate surface area is 256 Å². The maximum atomic E-state index is 9.27. The Morgan fingerprint density at radius 3 is 1.84 bits per heavy atom. The number of hydrogen-bond acceptors (Lipinski definition) is 2. The Kier molecular flexibility index (Phi) is 6.18. The third kappa shape index (κ3) is 4.38. The van der Waals surface area contributed by atoms with Gasteiger partial charge in [-0.05, 0) is 101 Å². The molecule has 8 rings (SSSR count). The largest absolute Gasteiger partial charge is 0.311 e. The van der Waals surface area contributed by atoms with Gasteiger partial charge in [0.05, 0.1) is 22.7 Å². The molecule has 0 aliphatic carbocycles. The highest BCUT2D eigenvalue weighted by molar-refractivity contribution is 6.24. The van der Waals surface area contributed by atoms with Gasteiger partial charge in [-0.15, -0.1) is 0 Å². The second-order valence-corrected chi connectivity index (χ2v) is 11.0. The van der Waals surface area contributed by atoms with Crippen molar-refractivity contribution in [1.29, 1.82) is 5.26 Å². The number of aromatic nitrogens is 1. The minimum Gasteiger partial charge on any atom is -0.311 e. The quantitative estimate of drug-likeness (QED) is 0.149. The summed E-state index contributed by atoms with van der Waals surface area (Å²) < 4.78 is 2.39. The summed E-state index contributed by atoms with van der Waals surface area (Å²) in [4.78, 5) is 2.20. The Balaban J connectivity index is 1.17. The van der Waals surface area contributed by atoms with Crippen molar-refractivity contribution in [2.75, 3.05) is 4.90 Å². The summed E-state index contributed by atoms with van der Waals surface area (Å²) in [6.07, 6.45) is 4.39. The number of para-hydroxylation sites is 2. The smallest absolute Gasteiger partial charge is 0.0991 e. The fraction of sp³-hybridized carbons (Fsp3) is 0. The third-order valence-corrected chi connectivity index (χ3v) is 8.32. The van der Waals surface area contributed by atoms with Crippen molar-refractivity contribution in [3.05, 3.63) is 168 Å². The van der Waals surface area contributed by atoms with Crippen LogP contribution >= 0.6 is 0 Å². The average molecular weight is 562 g/mol. The molecule has 0 saturated heterocycles. The lowest BCUT2D eigenvalue weighted by molar-refractivity contribution is 1.18. The molecular weight excluding hydrogens is 534 g/mol. The summed E-state index contributed by atoms with van der Waals surface area (Å²) in [5.74, 6) is 0. The molecule has 0 atom stereocenters. The lowest BCUT2D eigenvalue weighted by Gasteiger charge is -2.25. The molecule has 0 spiro atoms. The van der Waals surface area contributed by atoms with E-state index in [4.69, 9.17) is 0 Å². The van der Waals surface area contributed by atoms with Crippen LogP contribution in [0.3, 0.4) is 0 Å². The monoisotopic (exact) mass is 561 g/mol. The van der Waals surface area contributed by atoms with Crippen LogP contribution in [0.25, 0.3) is 50.4 Å². The zero-order valence-corrected chi connectivity index (χ0v) is 23.9. The van der Waals surface area contributed by atoms with Crippen molar-refractivity contribution < 1.29 is 0 Å². The Morgan fingerprint density at radius 1 is 0.500 bits per heavy atom. The van der Waals surface area contributed by atoms with Gasteiger partial charge in [0, 0.05) is 33.5 Å². The van der Waals surface area contributed by atoms with Crippen molar-refractivity contribution >= 4 is 61.8 Å². The topological polar surface area (TPSA) is 32.0 Å². The van der Waals surface area contributed by atoms with Crippen LogP contribution in [0, 0.1) is 11.3 Å². The van der Waals surface area contributed by atoms with Gasteiger partial charge in [-0.3, -0.25) is 0 Å². The molecule has 0 radical (unpaired) electrons. The molecule has 206 valence electrons. The van der Waals surface area contributed by atoms with Gasteiger partial charge >= 0.3 is 0 Å². The molecule has 0 aliphatic heterocycles. The second-order valence-electron chi connectivity index (χ2n) is 11.0. The van der Waals surface area contributed by atoms with Gasteiger partial charge in [0.2, 0.25) is 0 Å². The van der Waals surface area contributed by atoms with Crippen molar-refractivity contribution in [1.82, 2.24) is 4.57 Å². The molecule has 0 unspecified atom stereocenters. The highest BCUT2D eigenvalue weighted by Gasteiger charge is 2.17. The van der Waals surface area contributed by atoms with Crippen molar-refractivity contribution in [2.45, 2.75) is 0 Å². The average Bonchev–Trinajstić information content (AvgIpc) is 3.43. The number of nitrogens with zero attached hydrogens (tertiary/aromatic N) is 3. The first-order valence-corrected chi connectivity index (χ1v) is 14.7. The molecule has 1 heterocycles. The predicted molar refractivity (Wildman–Crippen MR) is 184 cm³/mol. The molecule has 0 amide bonds. The summed E-state index contributed by atoms with van der Waals surface area (Å²) in [7, 11) is 0. The van der Waals surface area contributed by atoms with E-state index < -0.39 is 0 Å². The zero-order chi connectivity index (χ0) is 29.5. The first-order chi connectivity index (χ1) is 21.8. The van der Waals surface area contributed by atoms with Crippen LogP contribution < -0.4 is 4.90 Å². The van der Waals surface area contributed by atoms with Crippen molar-refractivity contribution in [2.24, 2.45) is 0 Å². The van der Waals surface area contributed by atoms with E-state index in [1.54, 1.807) is 0 Å². The van der Waals surface area contributed by atoms with E-state index in [0.717, 1.165) is 28.2 Å². The van der Waals surface area contributed by atoms with E-state index in [9.17, 15) is 5.26 Å². The SMILES string of the molecule is N#Cc1ccc(N(c2ccccc2)c2ccc(/C=C/c3cc4ccc5cccc6c5c4c(c3)n6-c3ccccc3)cc2)cc1. The molecule has 3 nitrogen and oxygen atoms in total. The van der Waals surface area contributed by atoms with Crippen LogP contribution in [0.4, 0.5) is 17.1 Å². The Hall–Kier alpha value is -6.11. The van der Waals surface area contributed by atoms with Gasteiger partial charge in [0.25, 0.3) is 0 Å². The summed E-state index contributed by atoms with van der Waals surface area (Å²) in [6.45, 7) is 0. The fourth-order valence-electron chi connectivity index (χ4n) is 6.30. The first kappa shape index (κ1) is 25.6. The molecule has 1 aromatic heterocycles. The molecule has 44 heavy (non-hydrogen) atoms. The minimum absolute atomic E-state index is 0.648. The van der Waals surface area contributed by atoms with Crippen LogP contribution in [0.15, 0.2) is 152 Å². The molecule has 0 bridgehead atoms. The molecular formula is C41H27N3. The Morgan fingerprint density at radius 2 is 1.11 bits per heavy atom. The summed E-state index contributed by atoms with van der Waals surface area (Å²) in [5, 5.41) is 14.4. The van der Waals surface area contributed by atoms with E-state index in [2.05, 4.69) is 137 Å². The van der Waals surface area contributed by atoms with Crippen molar-refractivity contribution in [3.8, 4) is 11.8 Å². The van der Waals surface area contributed by atoms with Crippen molar-refractivity contribution in [3.63, 3.8) is 0 Å². The second kappa shape index (κ2) is 10.6. The number of rotatable bonds is 6. The van der Waals surface area contributed by atoms with E-state index in [0.29, 0.717) is 5.56 Å². The molecule has 0 aliphatic rings. The first-order valence-electron chi connectivity index (χ1n) is 14.7.